The summed E-state index contributed by atoms with van der Waals surface area (Å²) >= 11 is 15.6. The summed E-state index contributed by atoms with van der Waals surface area (Å²) in [7, 11) is 5.51. The molecule has 4 unspecified atom stereocenters. The maximum atomic E-state index is 12.0. The van der Waals surface area contributed by atoms with Crippen molar-refractivity contribution in [2.24, 2.45) is 11.6 Å². The van der Waals surface area contributed by atoms with Crippen LogP contribution in [-0.4, -0.2) is 220 Å². The SMILES string of the molecule is CC(C)(C)OC(=O)N1CCC(N)C1.CC[CH-]I.COC(=O)c1ccc(I)cc1.COC(=O)c1ccc(NC2CCCC2)cc1.COC(=O)c1ccc(NC2CCN(C(=O)OC(C)(C)C)C2)cc1.COC(=O)c1ccc(NC2CCN(c3ncccn3)C2)cc1.Cl.Clc1ncccn1.NO.O=C(NO)c1ccc(NC2CCN(c3ncccn3)C2)cc1.[Cu][I].[K+].[OH-].[V]. The maximum absolute atomic E-state index is 12.0. The fraction of sp³-hybridized carbons (Fsp3) is 0.412. The number of ether oxygens (including phenoxy) is 6. The minimum atomic E-state index is -0.514. The fourth-order valence-corrected chi connectivity index (χ4v) is 12.4. The van der Waals surface area contributed by atoms with Crippen LogP contribution in [0.4, 0.5) is 44.2 Å². The third-order valence-electron chi connectivity index (χ3n) is 17.7. The van der Waals surface area contributed by atoms with Gasteiger partial charge in [0.2, 0.25) is 17.2 Å². The van der Waals surface area contributed by atoms with Gasteiger partial charge in [0.1, 0.15) is 11.2 Å². The van der Waals surface area contributed by atoms with Crippen LogP contribution in [0.5, 0.6) is 0 Å². The quantitative estimate of drug-likeness (QED) is 0.00634. The maximum Gasteiger partial charge on any atom is 1.00 e. The Balaban J connectivity index is 0.00000145. The molecule has 1 radical (unpaired) electrons. The average molecular weight is 2240 g/mol. The van der Waals surface area contributed by atoms with Gasteiger partial charge in [-0.2, -0.15) is 6.42 Å². The average Bonchev–Trinajstić information content (AvgIpc) is 1.65. The third-order valence-corrected chi connectivity index (χ3v) is 19.5. The molecule has 8 aromatic rings. The van der Waals surface area contributed by atoms with E-state index in [9.17, 15) is 33.6 Å². The van der Waals surface area contributed by atoms with E-state index in [1.54, 1.807) is 146 Å². The number of halogens is 5. The van der Waals surface area contributed by atoms with Gasteiger partial charge in [-0.15, -0.1) is 12.4 Å². The number of nitrogens with two attached hydrogens (primary N) is 2. The van der Waals surface area contributed by atoms with Gasteiger partial charge in [0.25, 0.3) is 5.91 Å². The number of anilines is 6. The number of carbonyl (C=O) groups is 7. The molecule has 1 aliphatic carbocycles. The van der Waals surface area contributed by atoms with Crippen LogP contribution in [0.15, 0.2) is 177 Å². The van der Waals surface area contributed by atoms with Crippen LogP contribution in [0, 0.1) is 8.00 Å². The number of amides is 3. The second-order valence-electron chi connectivity index (χ2n) is 29.2. The van der Waals surface area contributed by atoms with Crippen molar-refractivity contribution in [1.29, 1.82) is 0 Å². The van der Waals surface area contributed by atoms with Gasteiger partial charge in [0.15, 0.2) is 0 Å². The van der Waals surface area contributed by atoms with E-state index in [0.717, 1.165) is 96.6 Å². The molecule has 1 saturated carbocycles. The number of hydrogen-bond donors (Lipinski definition) is 9. The molecule has 4 aliphatic heterocycles. The molecule has 41 heteroatoms. The fourth-order valence-electron chi connectivity index (χ4n) is 11.9. The Labute approximate surface area is 851 Å². The first-order valence-electron chi connectivity index (χ1n) is 39.0. The molecule has 0 spiro atoms. The van der Waals surface area contributed by atoms with E-state index in [1.807, 2.05) is 108 Å². The summed E-state index contributed by atoms with van der Waals surface area (Å²) in [6.45, 7) is 19.4. The Morgan fingerprint density at radius 1 is 0.484 bits per heavy atom. The predicted molar refractivity (Wildman–Crippen MR) is 503 cm³/mol. The molecule has 3 amide bonds. The first-order valence-corrected chi connectivity index (χ1v) is 44.7. The first-order chi connectivity index (χ1) is 58.5. The molecule has 13 rings (SSSR count). The zero-order chi connectivity index (χ0) is 90.0. The van der Waals surface area contributed by atoms with Crippen LogP contribution >= 0.6 is 89.5 Å². The minimum Gasteiger partial charge on any atom is -0.870 e. The van der Waals surface area contributed by atoms with E-state index in [-0.39, 0.29) is 136 Å². The number of aromatic nitrogens is 6. The molecule has 5 aliphatic rings. The van der Waals surface area contributed by atoms with Crippen LogP contribution in [0.25, 0.3) is 0 Å². The minimum absolute atomic E-state index is 0. The molecule has 3 aromatic heterocycles. The van der Waals surface area contributed by atoms with Crippen molar-refractivity contribution in [3.05, 3.63) is 218 Å². The van der Waals surface area contributed by atoms with Gasteiger partial charge in [0, 0.05) is 170 Å². The Morgan fingerprint density at radius 2 is 0.770 bits per heavy atom. The summed E-state index contributed by atoms with van der Waals surface area (Å²) in [5.74, 6) is 3.26. The van der Waals surface area contributed by atoms with Crippen molar-refractivity contribution in [2.45, 2.75) is 148 Å². The first kappa shape index (κ1) is 119. The summed E-state index contributed by atoms with van der Waals surface area (Å²) < 4.78 is 32.3. The van der Waals surface area contributed by atoms with Crippen molar-refractivity contribution in [3.63, 3.8) is 0 Å². The molecule has 12 N–H and O–H groups in total. The number of methoxy groups -OCH3 is 4. The Bertz CT molecular complexity index is 4230. The predicted octanol–water partition coefficient (Wildman–Crippen LogP) is 12.6. The van der Waals surface area contributed by atoms with Crippen molar-refractivity contribution in [1.82, 2.24) is 45.2 Å². The number of nitrogens with one attached hydrogen (secondary N) is 5. The van der Waals surface area contributed by atoms with E-state index in [4.69, 9.17) is 42.0 Å². The molecular formula is C85H115Cl2CuI3KN17O16V-. The Hall–Kier alpha value is -6.66. The molecule has 126 heavy (non-hydrogen) atoms. The summed E-state index contributed by atoms with van der Waals surface area (Å²) in [5, 5.41) is 29.1. The van der Waals surface area contributed by atoms with Gasteiger partial charge in [-0.1, -0.05) is 19.8 Å². The molecule has 7 heterocycles. The van der Waals surface area contributed by atoms with E-state index in [0.29, 0.717) is 70.9 Å². The second kappa shape index (κ2) is 66.7. The standard InChI is InChI=1S/C17H24N2O4.C16H18N4O2.C15H17N5O2.C13H17NO2.C9H18N2O2.C8H7IO2.C4H3ClN2.C3H6I.ClH.Cu.HI.K.H3NO.H2O.V/c1-17(2,3)23-16(21)19-10-9-14(11-19)18-13-7-5-12(6-8-13)15(20)22-4;1-22-15(21)12-3-5-13(6-4-12)19-14-7-10-20(11-14)16-17-8-2-9-18-16;21-14(19-22)11-2-4-12(5-3-11)18-13-6-9-20(10-13)15-16-7-1-8-17-15;1-16-13(15)10-6-8-12(9-7-10)14-11-4-2-3-5-11;1-9(2,3)13-8(12)11-5-4-7(10)6-11;1-11-8(10)6-2-4-7(9)5-3-6;5-4-6-2-1-3-7-4;1-2-3-4;;;;;1-2;;/h5-8,14,18H,9-11H2,1-4H3;2-6,8-9,14,19H,7,10-11H2,1H3;1-5,7-8,13,18,22H,6,9-10H2,(H,19,21);6-9,11,14H,2-5H2,1H3;7H,4-6,10H2,1-3H3;2-5H,1H3;1-3H;3H,2H2,1H3;1H;;1H;;2H,1H2;1H2;/q;;;;;;;-1;;+1;;+1;;;/p-2. The van der Waals surface area contributed by atoms with Crippen LogP contribution in [-0.2, 0) is 59.7 Å². The number of carbonyl (C=O) groups excluding carboxylic acids is 7. The monoisotopic (exact) mass is 2230 g/mol. The van der Waals surface area contributed by atoms with Crippen molar-refractivity contribution >= 4 is 166 Å². The molecule has 5 fully saturated rings. The number of hydroxylamine groups is 1. The van der Waals surface area contributed by atoms with Crippen molar-refractivity contribution in [3.8, 4) is 0 Å². The Morgan fingerprint density at radius 3 is 1.06 bits per heavy atom. The van der Waals surface area contributed by atoms with Gasteiger partial charge in [-0.05, 0) is 254 Å². The summed E-state index contributed by atoms with van der Waals surface area (Å²) in [5.41, 5.74) is 13.0. The van der Waals surface area contributed by atoms with Crippen LogP contribution in [0.3, 0.4) is 0 Å². The molecule has 0 bridgehead atoms. The smallest absolute Gasteiger partial charge is 0.870 e. The number of benzene rings is 5. The van der Waals surface area contributed by atoms with E-state index in [1.165, 1.54) is 60.5 Å². The molecular weight excluding hydrogens is 2120 g/mol. The molecule has 689 valence electrons. The van der Waals surface area contributed by atoms with Gasteiger partial charge in [-0.25, -0.2) is 70.0 Å². The summed E-state index contributed by atoms with van der Waals surface area (Å²) in [6, 6.07) is 43.0. The molecule has 5 aromatic carbocycles. The van der Waals surface area contributed by atoms with Crippen LogP contribution < -0.4 is 99.6 Å². The van der Waals surface area contributed by atoms with Crippen molar-refractivity contribution < 1.29 is 161 Å². The number of rotatable bonds is 16. The van der Waals surface area contributed by atoms with Crippen molar-refractivity contribution in [2.75, 3.05) is 112 Å². The van der Waals surface area contributed by atoms with Crippen LogP contribution in [0.1, 0.15) is 158 Å². The topological polar surface area (TPSA) is 448 Å². The second-order valence-corrected chi connectivity index (χ2v) is 31.7. The Kier molecular flexibility index (Phi) is 63.1. The normalized spacial score (nSPS) is 15.4. The third kappa shape index (κ3) is 47.2. The van der Waals surface area contributed by atoms with E-state index < -0.39 is 17.1 Å². The number of hydrogen-bond acceptors (Lipinski definition) is 30. The number of esters is 4. The van der Waals surface area contributed by atoms with Gasteiger partial charge in [-0.3, -0.25) is 14.4 Å². The summed E-state index contributed by atoms with van der Waals surface area (Å²) in [6.07, 6.45) is 19.7. The molecule has 4 atom stereocenters. The van der Waals surface area contributed by atoms with Gasteiger partial charge >= 0.3 is 121 Å². The van der Waals surface area contributed by atoms with E-state index >= 15 is 0 Å². The van der Waals surface area contributed by atoms with Gasteiger partial charge in [0.05, 0.1) is 50.7 Å². The molecule has 4 saturated heterocycles. The number of nitrogens with zero attached hydrogens (tertiary/aromatic N) is 10. The summed E-state index contributed by atoms with van der Waals surface area (Å²) in [4.78, 5) is 112. The zero-order valence-electron chi connectivity index (χ0n) is 72.7. The molecule has 33 nitrogen and oxygen atoms in total. The zero-order valence-corrected chi connectivity index (χ0v) is 86.2. The van der Waals surface area contributed by atoms with Gasteiger partial charge < -0.3 is 108 Å². The largest absolute Gasteiger partial charge is 1.00 e. The van der Waals surface area contributed by atoms with E-state index in [2.05, 4.69) is 150 Å². The van der Waals surface area contributed by atoms with Crippen LogP contribution in [0.2, 0.25) is 5.28 Å². The number of likely N-dealkylation sites (tertiary alicyclic amines) is 2.